The van der Waals surface area contributed by atoms with E-state index in [1.165, 1.54) is 0 Å². The summed E-state index contributed by atoms with van der Waals surface area (Å²) < 4.78 is 106. The standard InChI is InChI=1S/C13H4BF8/c1-3-8(17)7(12(21)13(22)9(3)18)14-6-4(15)2-5(16)10(19)11(6)20/h2H,1H3. The number of hydrogen-bond acceptors (Lipinski definition) is 0. The highest BCUT2D eigenvalue weighted by Gasteiger charge is 2.27. The first-order chi connectivity index (χ1) is 10.2. The van der Waals surface area contributed by atoms with Crippen molar-refractivity contribution >= 4 is 18.2 Å². The first kappa shape index (κ1) is 16.3. The smallest absolute Gasteiger partial charge is 0.207 e. The van der Waals surface area contributed by atoms with Gasteiger partial charge in [0, 0.05) is 11.6 Å². The Morgan fingerprint density at radius 1 is 0.591 bits per heavy atom. The van der Waals surface area contributed by atoms with Gasteiger partial charge in [0.1, 0.15) is 11.6 Å². The van der Waals surface area contributed by atoms with E-state index in [-0.39, 0.29) is 13.3 Å². The van der Waals surface area contributed by atoms with E-state index in [0.29, 0.717) is 0 Å². The normalized spacial score (nSPS) is 11.0. The van der Waals surface area contributed by atoms with E-state index >= 15 is 0 Å². The van der Waals surface area contributed by atoms with Crippen molar-refractivity contribution in [2.75, 3.05) is 0 Å². The molecule has 0 heterocycles. The first-order valence-electron chi connectivity index (χ1n) is 5.67. The zero-order chi connectivity index (χ0) is 16.8. The van der Waals surface area contributed by atoms with Crippen LogP contribution in [0, 0.1) is 53.5 Å². The molecule has 0 aliphatic heterocycles. The topological polar surface area (TPSA) is 0 Å². The lowest BCUT2D eigenvalue weighted by Crippen LogP contribution is -2.38. The second-order valence-corrected chi connectivity index (χ2v) is 4.32. The Balaban J connectivity index is 2.66. The molecule has 0 N–H and O–H groups in total. The number of hydrogen-bond donors (Lipinski definition) is 0. The molecular weight excluding hydrogens is 319 g/mol. The molecule has 0 unspecified atom stereocenters. The maximum absolute atomic E-state index is 13.7. The van der Waals surface area contributed by atoms with Crippen LogP contribution in [0.4, 0.5) is 35.1 Å². The van der Waals surface area contributed by atoms with Crippen molar-refractivity contribution in [3.05, 3.63) is 58.2 Å². The van der Waals surface area contributed by atoms with Gasteiger partial charge in [-0.1, -0.05) is 0 Å². The second kappa shape index (κ2) is 5.62. The minimum Gasteiger partial charge on any atom is -0.207 e. The fourth-order valence-corrected chi connectivity index (χ4v) is 1.76. The van der Waals surface area contributed by atoms with Gasteiger partial charge in [-0.2, -0.15) is 0 Å². The molecule has 0 amide bonds. The van der Waals surface area contributed by atoms with Crippen LogP contribution >= 0.6 is 0 Å². The molecule has 9 heteroatoms. The van der Waals surface area contributed by atoms with Crippen molar-refractivity contribution in [3.8, 4) is 0 Å². The average Bonchev–Trinajstić information content (AvgIpc) is 2.48. The molecule has 0 saturated heterocycles. The van der Waals surface area contributed by atoms with Crippen molar-refractivity contribution in [2.24, 2.45) is 0 Å². The van der Waals surface area contributed by atoms with Gasteiger partial charge in [0.05, 0.1) is 0 Å². The van der Waals surface area contributed by atoms with Crippen LogP contribution in [0.5, 0.6) is 0 Å². The summed E-state index contributed by atoms with van der Waals surface area (Å²) in [5, 5.41) is 0. The van der Waals surface area contributed by atoms with Crippen LogP contribution in [-0.4, -0.2) is 7.28 Å². The van der Waals surface area contributed by atoms with Gasteiger partial charge in [0.25, 0.3) is 0 Å². The summed E-state index contributed by atoms with van der Waals surface area (Å²) >= 11 is 0. The summed E-state index contributed by atoms with van der Waals surface area (Å²) in [6, 6.07) is -0.0488. The van der Waals surface area contributed by atoms with Gasteiger partial charge < -0.3 is 0 Å². The van der Waals surface area contributed by atoms with Gasteiger partial charge in [-0.3, -0.25) is 0 Å². The lowest BCUT2D eigenvalue weighted by Gasteiger charge is -2.11. The van der Waals surface area contributed by atoms with E-state index in [0.717, 1.165) is 6.92 Å². The first-order valence-corrected chi connectivity index (χ1v) is 5.67. The highest BCUT2D eigenvalue weighted by atomic mass is 19.2. The van der Waals surface area contributed by atoms with E-state index in [2.05, 4.69) is 0 Å². The van der Waals surface area contributed by atoms with Gasteiger partial charge in [-0.25, -0.2) is 35.1 Å². The SMILES string of the molecule is Cc1c(F)c(F)c(F)c([B]c2c(F)cc(F)c(F)c2F)c1F. The van der Waals surface area contributed by atoms with Crippen LogP contribution in [0.15, 0.2) is 6.07 Å². The second-order valence-electron chi connectivity index (χ2n) is 4.32. The Kier molecular flexibility index (Phi) is 4.17. The maximum atomic E-state index is 13.7. The lowest BCUT2D eigenvalue weighted by atomic mass is 9.62. The molecule has 0 saturated carbocycles. The van der Waals surface area contributed by atoms with E-state index in [1.54, 1.807) is 0 Å². The fraction of sp³-hybridized carbons (Fsp3) is 0.0769. The Morgan fingerprint density at radius 2 is 1.14 bits per heavy atom. The summed E-state index contributed by atoms with van der Waals surface area (Å²) in [5.74, 6) is -15.2. The van der Waals surface area contributed by atoms with Crippen LogP contribution in [0.1, 0.15) is 5.56 Å². The third kappa shape index (κ3) is 2.44. The van der Waals surface area contributed by atoms with Gasteiger partial charge in [0.2, 0.25) is 7.28 Å². The Bertz CT molecular complexity index is 743. The Hall–Kier alpha value is -2.06. The van der Waals surface area contributed by atoms with E-state index in [9.17, 15) is 35.1 Å². The van der Waals surface area contributed by atoms with Crippen molar-refractivity contribution in [1.82, 2.24) is 0 Å². The molecule has 0 atom stereocenters. The van der Waals surface area contributed by atoms with E-state index < -0.39 is 63.0 Å². The minimum atomic E-state index is -2.08. The third-order valence-electron chi connectivity index (χ3n) is 2.96. The minimum absolute atomic E-state index is 0.0488. The molecular formula is C13H4BF8. The molecule has 22 heavy (non-hydrogen) atoms. The molecule has 115 valence electrons. The van der Waals surface area contributed by atoms with Gasteiger partial charge in [-0.15, -0.1) is 0 Å². The zero-order valence-corrected chi connectivity index (χ0v) is 10.7. The van der Waals surface area contributed by atoms with Crippen LogP contribution in [0.25, 0.3) is 0 Å². The monoisotopic (exact) mass is 323 g/mol. The predicted octanol–water partition coefficient (Wildman–Crippen LogP) is 2.76. The summed E-state index contributed by atoms with van der Waals surface area (Å²) in [4.78, 5) is 0. The maximum Gasteiger partial charge on any atom is 0.207 e. The lowest BCUT2D eigenvalue weighted by molar-refractivity contribution is 0.434. The van der Waals surface area contributed by atoms with Gasteiger partial charge in [-0.05, 0) is 17.8 Å². The average molecular weight is 323 g/mol. The molecule has 0 fully saturated rings. The fourth-order valence-electron chi connectivity index (χ4n) is 1.76. The summed E-state index contributed by atoms with van der Waals surface area (Å²) in [5.41, 5.74) is -3.59. The molecule has 0 aromatic heterocycles. The molecule has 1 radical (unpaired) electrons. The zero-order valence-electron chi connectivity index (χ0n) is 10.7. The largest absolute Gasteiger partial charge is 0.207 e. The number of benzene rings is 2. The van der Waals surface area contributed by atoms with Crippen molar-refractivity contribution < 1.29 is 35.1 Å². The number of rotatable bonds is 2. The molecule has 0 spiro atoms. The number of halogens is 8. The van der Waals surface area contributed by atoms with Gasteiger partial charge in [0.15, 0.2) is 34.9 Å². The third-order valence-corrected chi connectivity index (χ3v) is 2.96. The molecule has 0 aliphatic rings. The van der Waals surface area contributed by atoms with Crippen molar-refractivity contribution in [1.29, 1.82) is 0 Å². The molecule has 2 aromatic carbocycles. The van der Waals surface area contributed by atoms with Crippen LogP contribution in [0.2, 0.25) is 0 Å². The predicted molar refractivity (Wildman–Crippen MR) is 62.3 cm³/mol. The van der Waals surface area contributed by atoms with Crippen LogP contribution < -0.4 is 10.9 Å². The highest BCUT2D eigenvalue weighted by Crippen LogP contribution is 2.17. The molecule has 0 aliphatic carbocycles. The Labute approximate surface area is 119 Å². The summed E-state index contributed by atoms with van der Waals surface area (Å²) in [7, 11) is 0.0906. The molecule has 0 bridgehead atoms. The molecule has 2 aromatic rings. The van der Waals surface area contributed by atoms with Crippen LogP contribution in [0.3, 0.4) is 0 Å². The molecule has 2 rings (SSSR count). The van der Waals surface area contributed by atoms with Crippen molar-refractivity contribution in [3.63, 3.8) is 0 Å². The van der Waals surface area contributed by atoms with Gasteiger partial charge >= 0.3 is 0 Å². The Morgan fingerprint density at radius 3 is 1.73 bits per heavy atom. The summed E-state index contributed by atoms with van der Waals surface area (Å²) in [6.45, 7) is 0.766. The molecule has 0 nitrogen and oxygen atoms in total. The van der Waals surface area contributed by atoms with Crippen molar-refractivity contribution in [2.45, 2.75) is 6.92 Å². The van der Waals surface area contributed by atoms with Crippen LogP contribution in [-0.2, 0) is 0 Å². The summed E-state index contributed by atoms with van der Waals surface area (Å²) in [6.07, 6.45) is 0. The van der Waals surface area contributed by atoms with E-state index in [4.69, 9.17) is 0 Å². The van der Waals surface area contributed by atoms with E-state index in [1.807, 2.05) is 0 Å². The quantitative estimate of drug-likeness (QED) is 0.345. The highest BCUT2D eigenvalue weighted by molar-refractivity contribution is 6.67.